The molecule has 0 spiro atoms. The Kier molecular flexibility index (Phi) is 6.98. The molecule has 7 nitrogen and oxygen atoms in total. The molecule has 1 saturated carbocycles. The van der Waals surface area contributed by atoms with E-state index in [1.165, 1.54) is 0 Å². The average Bonchev–Trinajstić information content (AvgIpc) is 3.12. The van der Waals surface area contributed by atoms with E-state index in [0.717, 1.165) is 42.3 Å². The Morgan fingerprint density at radius 1 is 1.18 bits per heavy atom. The molecule has 2 N–H and O–H groups in total. The minimum absolute atomic E-state index is 0.103. The molecule has 1 fully saturated rings. The number of carbonyl (C=O) groups is 2. The van der Waals surface area contributed by atoms with Crippen molar-refractivity contribution in [1.82, 2.24) is 19.9 Å². The highest BCUT2D eigenvalue weighted by atomic mass is 35.5. The molecule has 0 saturated heterocycles. The second-order valence-corrected chi connectivity index (χ2v) is 9.57. The second-order valence-electron chi connectivity index (χ2n) is 9.21. The Morgan fingerprint density at radius 3 is 2.52 bits per heavy atom. The highest BCUT2D eigenvalue weighted by Crippen LogP contribution is 2.35. The topological polar surface area (TPSA) is 88.4 Å². The van der Waals surface area contributed by atoms with Gasteiger partial charge < -0.3 is 15.4 Å². The fraction of sp³-hybridized carbons (Fsp3) is 0.440. The minimum atomic E-state index is -0.147. The van der Waals surface area contributed by atoms with Gasteiger partial charge in [-0.15, -0.1) is 0 Å². The van der Waals surface area contributed by atoms with Gasteiger partial charge in [-0.25, -0.2) is 4.52 Å². The minimum Gasteiger partial charge on any atom is -0.380 e. The van der Waals surface area contributed by atoms with Crippen LogP contribution in [0.4, 0.5) is 5.69 Å². The van der Waals surface area contributed by atoms with Crippen LogP contribution in [0.2, 0.25) is 5.15 Å². The summed E-state index contributed by atoms with van der Waals surface area (Å²) in [6.45, 7) is 5.71. The highest BCUT2D eigenvalue weighted by Gasteiger charge is 2.26. The summed E-state index contributed by atoms with van der Waals surface area (Å²) < 4.78 is 1.66. The Morgan fingerprint density at radius 2 is 1.88 bits per heavy atom. The number of aromatic nitrogens is 3. The molecule has 8 heteroatoms. The van der Waals surface area contributed by atoms with Crippen LogP contribution < -0.4 is 10.6 Å². The van der Waals surface area contributed by atoms with Crippen molar-refractivity contribution >= 4 is 34.5 Å². The summed E-state index contributed by atoms with van der Waals surface area (Å²) in [6.07, 6.45) is 9.35. The maximum atomic E-state index is 13.3. The summed E-state index contributed by atoms with van der Waals surface area (Å²) in [5.41, 5.74) is 3.73. The van der Waals surface area contributed by atoms with Gasteiger partial charge in [0.05, 0.1) is 23.0 Å². The van der Waals surface area contributed by atoms with E-state index in [4.69, 9.17) is 11.6 Å². The molecule has 174 valence electrons. The van der Waals surface area contributed by atoms with Crippen LogP contribution in [-0.2, 0) is 4.79 Å². The number of pyridine rings is 1. The molecule has 0 unspecified atom stereocenters. The quantitative estimate of drug-likeness (QED) is 0.502. The monoisotopic (exact) mass is 467 g/mol. The number of ketones is 1. The van der Waals surface area contributed by atoms with Crippen molar-refractivity contribution in [3.63, 3.8) is 0 Å². The number of Topliss-reactive ketones (excluding diaryl/α,β-unsaturated/α-hetero) is 1. The number of rotatable bonds is 7. The Hall–Kier alpha value is -2.93. The molecular weight excluding hydrogens is 438 g/mol. The van der Waals surface area contributed by atoms with E-state index in [2.05, 4.69) is 20.7 Å². The molecule has 0 bridgehead atoms. The van der Waals surface area contributed by atoms with Gasteiger partial charge in [0.25, 0.3) is 5.91 Å². The van der Waals surface area contributed by atoms with Crippen molar-refractivity contribution in [2.24, 2.45) is 5.92 Å². The molecule has 0 aliphatic heterocycles. The van der Waals surface area contributed by atoms with Gasteiger partial charge in [0.15, 0.2) is 0 Å². The first-order valence-corrected chi connectivity index (χ1v) is 11.9. The van der Waals surface area contributed by atoms with E-state index in [1.807, 2.05) is 32.0 Å². The molecule has 3 heterocycles. The van der Waals surface area contributed by atoms with E-state index >= 15 is 0 Å². The lowest BCUT2D eigenvalue weighted by atomic mass is 9.83. The van der Waals surface area contributed by atoms with Gasteiger partial charge in [0, 0.05) is 36.5 Å². The molecule has 0 atom stereocenters. The molecule has 3 aromatic rings. The summed E-state index contributed by atoms with van der Waals surface area (Å²) in [5.74, 6) is 0.524. The average molecular weight is 468 g/mol. The Balaban J connectivity index is 1.62. The van der Waals surface area contributed by atoms with Crippen LogP contribution in [0.1, 0.15) is 63.2 Å². The van der Waals surface area contributed by atoms with Gasteiger partial charge in [-0.2, -0.15) is 5.10 Å². The van der Waals surface area contributed by atoms with Crippen molar-refractivity contribution < 1.29 is 9.59 Å². The van der Waals surface area contributed by atoms with Gasteiger partial charge in [0.1, 0.15) is 10.9 Å². The van der Waals surface area contributed by atoms with Crippen molar-refractivity contribution in [2.45, 2.75) is 65.0 Å². The third-order valence-corrected chi connectivity index (χ3v) is 6.54. The summed E-state index contributed by atoms with van der Waals surface area (Å²) in [4.78, 5) is 28.8. The Bertz CT molecular complexity index is 1150. The summed E-state index contributed by atoms with van der Waals surface area (Å²) in [7, 11) is 0. The number of anilines is 1. The van der Waals surface area contributed by atoms with E-state index < -0.39 is 0 Å². The molecular formula is C25H30ClN5O2. The zero-order chi connectivity index (χ0) is 23.5. The molecule has 1 aliphatic rings. The van der Waals surface area contributed by atoms with Crippen molar-refractivity contribution in [3.8, 4) is 11.1 Å². The van der Waals surface area contributed by atoms with E-state index in [9.17, 15) is 9.59 Å². The molecule has 0 aromatic carbocycles. The van der Waals surface area contributed by atoms with Crippen molar-refractivity contribution in [2.75, 3.05) is 5.32 Å². The number of carbonyl (C=O) groups excluding carboxylic acids is 2. The number of nitrogens with zero attached hydrogens (tertiary/aromatic N) is 3. The van der Waals surface area contributed by atoms with Gasteiger partial charge >= 0.3 is 0 Å². The largest absolute Gasteiger partial charge is 0.380 e. The fourth-order valence-corrected chi connectivity index (χ4v) is 4.91. The van der Waals surface area contributed by atoms with Crippen LogP contribution in [0.3, 0.4) is 0 Å². The number of amides is 1. The zero-order valence-corrected chi connectivity index (χ0v) is 20.0. The first kappa shape index (κ1) is 23.2. The van der Waals surface area contributed by atoms with Crippen molar-refractivity contribution in [3.05, 3.63) is 47.5 Å². The molecule has 1 aliphatic carbocycles. The van der Waals surface area contributed by atoms with Crippen LogP contribution in [0, 0.1) is 5.92 Å². The lowest BCUT2D eigenvalue weighted by Crippen LogP contribution is -2.38. The number of hydrogen-bond acceptors (Lipinski definition) is 5. The predicted octanol–water partition coefficient (Wildman–Crippen LogP) is 5.14. The molecule has 3 aromatic heterocycles. The number of halogens is 1. The Labute approximate surface area is 198 Å². The predicted molar refractivity (Wildman–Crippen MR) is 131 cm³/mol. The molecule has 33 heavy (non-hydrogen) atoms. The fourth-order valence-electron chi connectivity index (χ4n) is 4.61. The third kappa shape index (κ3) is 5.19. The van der Waals surface area contributed by atoms with E-state index in [0.29, 0.717) is 28.7 Å². The lowest BCUT2D eigenvalue weighted by molar-refractivity contribution is -0.118. The smallest absolute Gasteiger partial charge is 0.255 e. The van der Waals surface area contributed by atoms with E-state index in [-0.39, 0.29) is 23.8 Å². The normalized spacial score (nSPS) is 18.5. The molecule has 4 rings (SSSR count). The zero-order valence-electron chi connectivity index (χ0n) is 19.3. The first-order chi connectivity index (χ1) is 15.8. The van der Waals surface area contributed by atoms with Gasteiger partial charge in [0.2, 0.25) is 0 Å². The van der Waals surface area contributed by atoms with Gasteiger partial charge in [-0.05, 0) is 76.1 Å². The first-order valence-electron chi connectivity index (χ1n) is 11.5. The maximum absolute atomic E-state index is 13.3. The highest BCUT2D eigenvalue weighted by molar-refractivity contribution is 6.33. The summed E-state index contributed by atoms with van der Waals surface area (Å²) in [6, 6.07) is 5.96. The van der Waals surface area contributed by atoms with Crippen molar-refractivity contribution in [1.29, 1.82) is 0 Å². The van der Waals surface area contributed by atoms with Crippen LogP contribution in [0.25, 0.3) is 16.6 Å². The van der Waals surface area contributed by atoms with Crippen LogP contribution in [0.15, 0.2) is 36.8 Å². The number of hydrogen-bond donors (Lipinski definition) is 2. The van der Waals surface area contributed by atoms with Crippen LogP contribution >= 0.6 is 11.6 Å². The van der Waals surface area contributed by atoms with Crippen LogP contribution in [0.5, 0.6) is 0 Å². The summed E-state index contributed by atoms with van der Waals surface area (Å²) in [5, 5.41) is 11.6. The second kappa shape index (κ2) is 9.91. The maximum Gasteiger partial charge on any atom is 0.255 e. The summed E-state index contributed by atoms with van der Waals surface area (Å²) >= 11 is 6.67. The third-order valence-electron chi connectivity index (χ3n) is 6.17. The van der Waals surface area contributed by atoms with Crippen LogP contribution in [-0.4, -0.2) is 38.4 Å². The number of fused-ring (bicyclic) bond motifs is 1. The molecule has 1 amide bonds. The van der Waals surface area contributed by atoms with Gasteiger partial charge in [-0.3, -0.25) is 9.78 Å². The SMILES string of the molecule is CC(=O)CC1CCC(NC(=O)c2cnn3c(Cl)c(-c4ccncc4)cc3c2NC(C)C)CC1. The van der Waals surface area contributed by atoms with Gasteiger partial charge in [-0.1, -0.05) is 11.6 Å². The lowest BCUT2D eigenvalue weighted by Gasteiger charge is -2.29. The standard InChI is InChI=1S/C25H30ClN5O2/c1-15(2)29-23-21(25(33)30-19-6-4-17(5-7-19)12-16(3)32)14-28-31-22(23)13-20(24(31)26)18-8-10-27-11-9-18/h8-11,13-15,17,19,29H,4-7,12H2,1-3H3,(H,30,33). The van der Waals surface area contributed by atoms with E-state index in [1.54, 1.807) is 30.0 Å². The number of nitrogens with one attached hydrogen (secondary N) is 2. The molecule has 0 radical (unpaired) electrons.